The number of nitrogens with one attached hydrogen (secondary N) is 2. The van der Waals surface area contributed by atoms with Gasteiger partial charge < -0.3 is 14.8 Å². The molecule has 0 atom stereocenters. The Hall–Kier alpha value is -2.76. The molecule has 0 radical (unpaired) electrons. The van der Waals surface area contributed by atoms with E-state index in [1.54, 1.807) is 32.0 Å². The Morgan fingerprint density at radius 2 is 2.00 bits per heavy atom. The number of benzene rings is 2. The molecule has 1 amide bonds. The zero-order chi connectivity index (χ0) is 19.1. The number of hydrogen-bond donors (Lipinski definition) is 2. The summed E-state index contributed by atoms with van der Waals surface area (Å²) < 4.78 is 24.3. The highest BCUT2D eigenvalue weighted by molar-refractivity contribution is 5.87. The van der Waals surface area contributed by atoms with E-state index in [0.29, 0.717) is 30.2 Å². The summed E-state index contributed by atoms with van der Waals surface area (Å²) in [5.41, 5.74) is 2.84. The van der Waals surface area contributed by atoms with Crippen LogP contribution in [0.25, 0.3) is 0 Å². The molecule has 0 unspecified atom stereocenters. The number of ether oxygens (including phenoxy) is 2. The first-order valence-corrected chi connectivity index (χ1v) is 8.63. The Labute approximate surface area is 153 Å². The molecule has 2 rings (SSSR count). The summed E-state index contributed by atoms with van der Waals surface area (Å²) >= 11 is 0. The third-order valence-electron chi connectivity index (χ3n) is 3.72. The van der Waals surface area contributed by atoms with Crippen LogP contribution in [0, 0.1) is 12.7 Å². The quantitative estimate of drug-likeness (QED) is 0.721. The van der Waals surface area contributed by atoms with Crippen molar-refractivity contribution in [2.24, 2.45) is 0 Å². The van der Waals surface area contributed by atoms with Gasteiger partial charge in [0.2, 0.25) is 0 Å². The number of rotatable bonds is 7. The molecule has 0 spiro atoms. The Kier molecular flexibility index (Phi) is 6.83. The summed E-state index contributed by atoms with van der Waals surface area (Å²) in [5, 5.41) is 5.93. The maximum absolute atomic E-state index is 13.6. The second-order valence-electron chi connectivity index (χ2n) is 6.10. The van der Waals surface area contributed by atoms with E-state index in [1.165, 1.54) is 6.07 Å². The van der Waals surface area contributed by atoms with Crippen molar-refractivity contribution < 1.29 is 18.7 Å². The van der Waals surface area contributed by atoms with Crippen LogP contribution in [-0.2, 0) is 11.3 Å². The van der Waals surface area contributed by atoms with Gasteiger partial charge in [-0.1, -0.05) is 12.1 Å². The van der Waals surface area contributed by atoms with Crippen molar-refractivity contribution in [2.45, 2.75) is 40.3 Å². The van der Waals surface area contributed by atoms with Gasteiger partial charge in [0.1, 0.15) is 11.6 Å². The first-order valence-electron chi connectivity index (χ1n) is 8.63. The van der Waals surface area contributed by atoms with Gasteiger partial charge in [0.15, 0.2) is 0 Å². The fraction of sp³-hybridized carbons (Fsp3) is 0.350. The first-order chi connectivity index (χ1) is 12.4. The molecule has 5 nitrogen and oxygen atoms in total. The minimum atomic E-state index is -0.530. The number of carbonyl (C=O) groups excluding carboxylic acids is 1. The van der Waals surface area contributed by atoms with Crippen LogP contribution in [0.15, 0.2) is 36.4 Å². The molecule has 0 heterocycles. The normalized spacial score (nSPS) is 10.5. The zero-order valence-electron chi connectivity index (χ0n) is 15.6. The fourth-order valence-electron chi connectivity index (χ4n) is 2.41. The lowest BCUT2D eigenvalue weighted by atomic mass is 10.1. The molecule has 2 aromatic carbocycles. The molecular weight excluding hydrogens is 335 g/mol. The Morgan fingerprint density at radius 1 is 1.23 bits per heavy atom. The van der Waals surface area contributed by atoms with Crippen molar-refractivity contribution >= 4 is 17.5 Å². The van der Waals surface area contributed by atoms with E-state index >= 15 is 0 Å². The Morgan fingerprint density at radius 3 is 2.69 bits per heavy atom. The average molecular weight is 360 g/mol. The topological polar surface area (TPSA) is 59.6 Å². The van der Waals surface area contributed by atoms with Crippen molar-refractivity contribution in [1.29, 1.82) is 0 Å². The molecule has 2 N–H and O–H groups in total. The van der Waals surface area contributed by atoms with Crippen LogP contribution in [0.1, 0.15) is 31.9 Å². The predicted octanol–water partition coefficient (Wildman–Crippen LogP) is 5.10. The molecule has 0 aromatic heterocycles. The zero-order valence-corrected chi connectivity index (χ0v) is 15.6. The van der Waals surface area contributed by atoms with Crippen LogP contribution >= 0.6 is 0 Å². The highest BCUT2D eigenvalue weighted by Crippen LogP contribution is 2.30. The molecule has 0 aliphatic rings. The molecule has 0 fully saturated rings. The number of amides is 1. The Balaban J connectivity index is 2.16. The molecule has 0 aliphatic heterocycles. The van der Waals surface area contributed by atoms with Crippen LogP contribution in [0.4, 0.5) is 20.6 Å². The van der Waals surface area contributed by atoms with Gasteiger partial charge >= 0.3 is 6.09 Å². The maximum Gasteiger partial charge on any atom is 0.411 e. The molecule has 26 heavy (non-hydrogen) atoms. The van der Waals surface area contributed by atoms with E-state index in [4.69, 9.17) is 9.47 Å². The predicted molar refractivity (Wildman–Crippen MR) is 101 cm³/mol. The van der Waals surface area contributed by atoms with Crippen molar-refractivity contribution in [3.05, 3.63) is 53.3 Å². The maximum atomic E-state index is 13.6. The second kappa shape index (κ2) is 9.08. The lowest BCUT2D eigenvalue weighted by Crippen LogP contribution is -2.15. The third kappa shape index (κ3) is 5.37. The van der Waals surface area contributed by atoms with E-state index in [0.717, 1.165) is 11.3 Å². The molecule has 6 heteroatoms. The van der Waals surface area contributed by atoms with Gasteiger partial charge in [0.25, 0.3) is 0 Å². The second-order valence-corrected chi connectivity index (χ2v) is 6.10. The largest absolute Gasteiger partial charge is 0.489 e. The fourth-order valence-corrected chi connectivity index (χ4v) is 2.41. The molecule has 0 aliphatic carbocycles. The van der Waals surface area contributed by atoms with Crippen LogP contribution < -0.4 is 15.4 Å². The summed E-state index contributed by atoms with van der Waals surface area (Å²) in [5.74, 6) is 0.316. The van der Waals surface area contributed by atoms with E-state index in [2.05, 4.69) is 10.6 Å². The van der Waals surface area contributed by atoms with Gasteiger partial charge in [-0.05, 0) is 57.0 Å². The summed E-state index contributed by atoms with van der Waals surface area (Å²) in [6.45, 7) is 8.08. The average Bonchev–Trinajstić information content (AvgIpc) is 2.58. The molecule has 0 saturated carbocycles. The lowest BCUT2D eigenvalue weighted by Gasteiger charge is -2.17. The van der Waals surface area contributed by atoms with Crippen molar-refractivity contribution in [2.75, 3.05) is 17.2 Å². The van der Waals surface area contributed by atoms with Gasteiger partial charge in [-0.3, -0.25) is 5.32 Å². The molecule has 0 bridgehead atoms. The number of hydrogen-bond acceptors (Lipinski definition) is 4. The number of anilines is 2. The molecular formula is C20H25FN2O3. The van der Waals surface area contributed by atoms with Crippen LogP contribution in [0.5, 0.6) is 5.75 Å². The van der Waals surface area contributed by atoms with Crippen molar-refractivity contribution in [1.82, 2.24) is 0 Å². The smallest absolute Gasteiger partial charge is 0.411 e. The first kappa shape index (κ1) is 19.6. The highest BCUT2D eigenvalue weighted by atomic mass is 19.1. The van der Waals surface area contributed by atoms with Crippen LogP contribution in [-0.4, -0.2) is 18.8 Å². The lowest BCUT2D eigenvalue weighted by molar-refractivity contribution is 0.167. The van der Waals surface area contributed by atoms with Crippen molar-refractivity contribution in [3.8, 4) is 5.75 Å². The molecule has 140 valence electrons. The third-order valence-corrected chi connectivity index (χ3v) is 3.72. The van der Waals surface area contributed by atoms with E-state index in [-0.39, 0.29) is 11.9 Å². The summed E-state index contributed by atoms with van der Waals surface area (Å²) in [6.07, 6.45) is -0.587. The van der Waals surface area contributed by atoms with E-state index in [9.17, 15) is 9.18 Å². The van der Waals surface area contributed by atoms with E-state index < -0.39 is 6.09 Å². The van der Waals surface area contributed by atoms with Crippen LogP contribution in [0.3, 0.4) is 0 Å². The summed E-state index contributed by atoms with van der Waals surface area (Å²) in [4.78, 5) is 11.7. The van der Waals surface area contributed by atoms with Gasteiger partial charge in [-0.15, -0.1) is 0 Å². The molecule has 0 saturated heterocycles. The minimum Gasteiger partial charge on any atom is -0.489 e. The van der Waals surface area contributed by atoms with Gasteiger partial charge in [-0.2, -0.15) is 0 Å². The SMILES string of the molecule is CCOC(=O)Nc1ccc(NCc2cccc(F)c2C)cc1OC(C)C. The van der Waals surface area contributed by atoms with E-state index in [1.807, 2.05) is 26.0 Å². The van der Waals surface area contributed by atoms with Gasteiger partial charge in [0.05, 0.1) is 18.4 Å². The Bertz CT molecular complexity index is 763. The highest BCUT2D eigenvalue weighted by Gasteiger charge is 2.11. The summed E-state index contributed by atoms with van der Waals surface area (Å²) in [7, 11) is 0. The van der Waals surface area contributed by atoms with Crippen molar-refractivity contribution in [3.63, 3.8) is 0 Å². The van der Waals surface area contributed by atoms with Crippen LogP contribution in [0.2, 0.25) is 0 Å². The number of carbonyl (C=O) groups is 1. The molecule has 2 aromatic rings. The number of halogens is 1. The van der Waals surface area contributed by atoms with Gasteiger partial charge in [-0.25, -0.2) is 9.18 Å². The summed E-state index contributed by atoms with van der Waals surface area (Å²) in [6, 6.07) is 10.4. The van der Waals surface area contributed by atoms with Gasteiger partial charge in [0, 0.05) is 18.3 Å². The standard InChI is InChI=1S/C20H25FN2O3/c1-5-25-20(24)23-18-10-9-16(11-19(18)26-13(2)3)22-12-15-7-6-8-17(21)14(15)4/h6-11,13,22H,5,12H2,1-4H3,(H,23,24). The monoisotopic (exact) mass is 360 g/mol. The minimum absolute atomic E-state index is 0.0570.